The van der Waals surface area contributed by atoms with E-state index in [1.807, 2.05) is 25.1 Å². The molecule has 0 radical (unpaired) electrons. The van der Waals surface area contributed by atoms with Crippen LogP contribution in [0.4, 0.5) is 0 Å². The molecule has 2 heterocycles. The molecule has 2 N–H and O–H groups in total. The van der Waals surface area contributed by atoms with Gasteiger partial charge in [0.1, 0.15) is 5.75 Å². The van der Waals surface area contributed by atoms with Crippen molar-refractivity contribution >= 4 is 11.6 Å². The Bertz CT molecular complexity index is 908. The lowest BCUT2D eigenvalue weighted by Crippen LogP contribution is -2.03. The van der Waals surface area contributed by atoms with Gasteiger partial charge in [0, 0.05) is 16.8 Å². The van der Waals surface area contributed by atoms with Crippen molar-refractivity contribution in [2.45, 2.75) is 32.8 Å². The van der Waals surface area contributed by atoms with Gasteiger partial charge < -0.3 is 9.84 Å². The molecule has 1 aromatic carbocycles. The molecule has 2 aromatic heterocycles. The first-order valence-electron chi connectivity index (χ1n) is 8.37. The van der Waals surface area contributed by atoms with Crippen LogP contribution in [0.3, 0.4) is 0 Å². The maximum Gasteiger partial charge on any atom is 0.223 e. The second kappa shape index (κ2) is 7.85. The van der Waals surface area contributed by atoms with E-state index in [0.29, 0.717) is 18.5 Å². The fourth-order valence-corrected chi connectivity index (χ4v) is 3.00. The van der Waals surface area contributed by atoms with E-state index in [4.69, 9.17) is 16.3 Å². The number of halogens is 1. The van der Waals surface area contributed by atoms with E-state index in [-0.39, 0.29) is 5.28 Å². The maximum atomic E-state index is 9.50. The van der Waals surface area contributed by atoms with Gasteiger partial charge in [-0.2, -0.15) is 5.10 Å². The minimum Gasteiger partial charge on any atom is -0.497 e. The van der Waals surface area contributed by atoms with E-state index >= 15 is 0 Å². The van der Waals surface area contributed by atoms with Crippen molar-refractivity contribution in [1.82, 2.24) is 20.2 Å². The predicted octanol–water partition coefficient (Wildman–Crippen LogP) is 3.82. The normalized spacial score (nSPS) is 12.2. The molecular weight excluding hydrogens is 352 g/mol. The van der Waals surface area contributed by atoms with Gasteiger partial charge in [-0.1, -0.05) is 0 Å². The number of aromatic nitrogens is 4. The molecule has 0 aliphatic rings. The van der Waals surface area contributed by atoms with Crippen LogP contribution in [-0.2, 0) is 6.42 Å². The van der Waals surface area contributed by atoms with Crippen LogP contribution in [0.15, 0.2) is 30.5 Å². The van der Waals surface area contributed by atoms with Crippen molar-refractivity contribution in [3.05, 3.63) is 47.0 Å². The lowest BCUT2D eigenvalue weighted by molar-refractivity contribution is 0.184. The highest BCUT2D eigenvalue weighted by Crippen LogP contribution is 2.32. The van der Waals surface area contributed by atoms with Gasteiger partial charge in [-0.25, -0.2) is 9.97 Å². The number of aliphatic hydroxyl groups excluding tert-OH is 1. The Balaban J connectivity index is 2.02. The van der Waals surface area contributed by atoms with E-state index in [9.17, 15) is 5.11 Å². The number of hydrogen-bond acceptors (Lipinski definition) is 5. The summed E-state index contributed by atoms with van der Waals surface area (Å²) in [5.41, 5.74) is 5.18. The number of rotatable bonds is 6. The third-order valence-electron chi connectivity index (χ3n) is 4.06. The molecule has 3 rings (SSSR count). The highest BCUT2D eigenvalue weighted by Gasteiger charge is 2.15. The predicted molar refractivity (Wildman–Crippen MR) is 101 cm³/mol. The van der Waals surface area contributed by atoms with Gasteiger partial charge >= 0.3 is 0 Å². The summed E-state index contributed by atoms with van der Waals surface area (Å²) in [6.45, 7) is 3.76. The van der Waals surface area contributed by atoms with Gasteiger partial charge in [-0.3, -0.25) is 5.10 Å². The van der Waals surface area contributed by atoms with Crippen molar-refractivity contribution < 1.29 is 9.84 Å². The third-order valence-corrected chi connectivity index (χ3v) is 4.23. The van der Waals surface area contributed by atoms with Gasteiger partial charge in [0.05, 0.1) is 30.8 Å². The smallest absolute Gasteiger partial charge is 0.223 e. The second-order valence-corrected chi connectivity index (χ2v) is 6.64. The minimum absolute atomic E-state index is 0.178. The monoisotopic (exact) mass is 372 g/mol. The number of benzene rings is 1. The average Bonchev–Trinajstić information content (AvgIpc) is 3.08. The number of aliphatic hydroxyl groups is 1. The molecule has 7 heteroatoms. The number of aromatic amines is 1. The largest absolute Gasteiger partial charge is 0.497 e. The fourth-order valence-electron chi connectivity index (χ4n) is 2.80. The molecular formula is C19H21ClN4O2. The van der Waals surface area contributed by atoms with Gasteiger partial charge in [-0.05, 0) is 68.1 Å². The molecule has 0 spiro atoms. The molecule has 1 atom stereocenters. The van der Waals surface area contributed by atoms with Crippen LogP contribution in [0.5, 0.6) is 5.75 Å². The van der Waals surface area contributed by atoms with Gasteiger partial charge in [-0.15, -0.1) is 0 Å². The van der Waals surface area contributed by atoms with Crippen molar-refractivity contribution in [3.63, 3.8) is 0 Å². The van der Waals surface area contributed by atoms with Crippen LogP contribution in [0.25, 0.3) is 22.5 Å². The van der Waals surface area contributed by atoms with Crippen LogP contribution in [0.1, 0.15) is 24.6 Å². The lowest BCUT2D eigenvalue weighted by atomic mass is 10.0. The zero-order valence-corrected chi connectivity index (χ0v) is 15.7. The summed E-state index contributed by atoms with van der Waals surface area (Å²) < 4.78 is 5.37. The highest BCUT2D eigenvalue weighted by molar-refractivity contribution is 6.28. The molecule has 0 bridgehead atoms. The van der Waals surface area contributed by atoms with E-state index in [2.05, 4.69) is 26.2 Å². The van der Waals surface area contributed by atoms with E-state index in [1.54, 1.807) is 20.2 Å². The number of nitrogens with zero attached hydrogens (tertiary/aromatic N) is 3. The summed E-state index contributed by atoms with van der Waals surface area (Å²) >= 11 is 6.12. The molecule has 0 unspecified atom stereocenters. The second-order valence-electron chi connectivity index (χ2n) is 6.30. The van der Waals surface area contributed by atoms with Crippen LogP contribution >= 0.6 is 11.6 Å². The first-order valence-corrected chi connectivity index (χ1v) is 8.75. The average molecular weight is 373 g/mol. The fraction of sp³-hybridized carbons (Fsp3) is 0.316. The van der Waals surface area contributed by atoms with Crippen LogP contribution in [0.2, 0.25) is 5.28 Å². The summed E-state index contributed by atoms with van der Waals surface area (Å²) in [6.07, 6.45) is 2.57. The van der Waals surface area contributed by atoms with Crippen molar-refractivity contribution in [2.75, 3.05) is 7.11 Å². The zero-order valence-electron chi connectivity index (χ0n) is 15.0. The van der Waals surface area contributed by atoms with Gasteiger partial charge in [0.2, 0.25) is 5.28 Å². The number of aryl methyl sites for hydroxylation is 2. The lowest BCUT2D eigenvalue weighted by Gasteiger charge is -2.09. The first kappa shape index (κ1) is 18.4. The van der Waals surface area contributed by atoms with Crippen LogP contribution in [-0.4, -0.2) is 38.5 Å². The standard InChI is InChI=1S/C19H21ClN4O2/c1-11-6-13(8-15(7-11)26-3)18-16(10-21-24-18)17-9-14(5-4-12(2)25)22-19(20)23-17/h6-10,12,25H,4-5H2,1-3H3,(H,21,24)/t12-/m0/s1. The third kappa shape index (κ3) is 4.20. The number of ether oxygens (including phenoxy) is 1. The van der Waals surface area contributed by atoms with E-state index < -0.39 is 6.10 Å². The molecule has 0 fully saturated rings. The Morgan fingerprint density at radius 3 is 2.77 bits per heavy atom. The van der Waals surface area contributed by atoms with Crippen LogP contribution in [0, 0.1) is 6.92 Å². The SMILES string of the molecule is COc1cc(C)cc(-c2[nH]ncc2-c2cc(CC[C@H](C)O)nc(Cl)n2)c1. The molecule has 0 saturated heterocycles. The summed E-state index contributed by atoms with van der Waals surface area (Å²) in [5.74, 6) is 0.777. The van der Waals surface area contributed by atoms with Gasteiger partial charge in [0.25, 0.3) is 0 Å². The van der Waals surface area contributed by atoms with Crippen molar-refractivity contribution in [1.29, 1.82) is 0 Å². The minimum atomic E-state index is -0.392. The summed E-state index contributed by atoms with van der Waals surface area (Å²) in [5, 5.41) is 16.9. The summed E-state index contributed by atoms with van der Waals surface area (Å²) in [7, 11) is 1.64. The summed E-state index contributed by atoms with van der Waals surface area (Å²) in [4.78, 5) is 8.61. The zero-order chi connectivity index (χ0) is 18.7. The topological polar surface area (TPSA) is 83.9 Å². The molecule has 26 heavy (non-hydrogen) atoms. The molecule has 6 nitrogen and oxygen atoms in total. The molecule has 0 aliphatic heterocycles. The Hall–Kier alpha value is -2.44. The van der Waals surface area contributed by atoms with E-state index in [0.717, 1.165) is 33.8 Å². The molecule has 0 amide bonds. The highest BCUT2D eigenvalue weighted by atomic mass is 35.5. The van der Waals surface area contributed by atoms with Crippen molar-refractivity contribution in [2.24, 2.45) is 0 Å². The first-order chi connectivity index (χ1) is 12.5. The maximum absolute atomic E-state index is 9.50. The Morgan fingerprint density at radius 1 is 1.23 bits per heavy atom. The number of methoxy groups -OCH3 is 1. The number of H-pyrrole nitrogens is 1. The molecule has 136 valence electrons. The summed E-state index contributed by atoms with van der Waals surface area (Å²) in [6, 6.07) is 7.85. The molecule has 0 aliphatic carbocycles. The quantitative estimate of drug-likeness (QED) is 0.642. The molecule has 0 saturated carbocycles. The number of nitrogens with one attached hydrogen (secondary N) is 1. The Kier molecular flexibility index (Phi) is 5.54. The van der Waals surface area contributed by atoms with Crippen LogP contribution < -0.4 is 4.74 Å². The Labute approximate surface area is 157 Å². The molecule has 3 aromatic rings. The van der Waals surface area contributed by atoms with Crippen molar-refractivity contribution in [3.8, 4) is 28.3 Å². The van der Waals surface area contributed by atoms with Gasteiger partial charge in [0.15, 0.2) is 0 Å². The van der Waals surface area contributed by atoms with E-state index in [1.165, 1.54) is 0 Å². The Morgan fingerprint density at radius 2 is 2.04 bits per heavy atom. The number of hydrogen-bond donors (Lipinski definition) is 2.